The van der Waals surface area contributed by atoms with E-state index in [4.69, 9.17) is 22.9 Å². The molecule has 4 unspecified atom stereocenters. The highest BCUT2D eigenvalue weighted by Gasteiger charge is 2.28. The third kappa shape index (κ3) is 11.9. The Morgan fingerprint density at radius 2 is 1.53 bits per heavy atom. The van der Waals surface area contributed by atoms with Gasteiger partial charge in [-0.05, 0) is 26.2 Å². The summed E-state index contributed by atoms with van der Waals surface area (Å²) in [5, 5.41) is 16.4. The number of nitrogens with two attached hydrogens (primary N) is 4. The molecule has 0 spiro atoms. The lowest BCUT2D eigenvalue weighted by molar-refractivity contribution is -0.142. The first-order chi connectivity index (χ1) is 14.9. The molecule has 15 heteroatoms. The minimum atomic E-state index is -1.39. The zero-order valence-corrected chi connectivity index (χ0v) is 18.6. The van der Waals surface area contributed by atoms with Gasteiger partial charge in [-0.3, -0.25) is 24.2 Å². The van der Waals surface area contributed by atoms with Gasteiger partial charge in [0.25, 0.3) is 0 Å². The summed E-state index contributed by atoms with van der Waals surface area (Å²) < 4.78 is 0. The van der Waals surface area contributed by atoms with Crippen LogP contribution in [0.15, 0.2) is 4.99 Å². The van der Waals surface area contributed by atoms with E-state index in [9.17, 15) is 29.1 Å². The van der Waals surface area contributed by atoms with Crippen molar-refractivity contribution in [1.29, 1.82) is 0 Å². The molecule has 12 N–H and O–H groups in total. The topological polar surface area (TPSA) is 258 Å². The standard InChI is InChI=1S/C17H32N8O6S/c1-8(23-14(28)9(18)7-32)13(27)24-10(3-2-6-22-17(20)21)15(29)25-11(16(30)31)4-5-12(19)26/h8-11,32H,2-7,18H2,1H3,(H2,19,26)(H,23,28)(H,24,27)(H,25,29)(H,30,31)(H4,20,21,22). The SMILES string of the molecule is CC(NC(=O)C(N)CS)C(=O)NC(CCCN=C(N)N)C(=O)NC(CCC(N)=O)C(=O)O. The van der Waals surface area contributed by atoms with Crippen LogP contribution in [0.1, 0.15) is 32.6 Å². The van der Waals surface area contributed by atoms with Crippen LogP contribution in [0.25, 0.3) is 0 Å². The smallest absolute Gasteiger partial charge is 0.326 e. The summed E-state index contributed by atoms with van der Waals surface area (Å²) in [4.78, 5) is 63.1. The third-order valence-corrected chi connectivity index (χ3v) is 4.55. The van der Waals surface area contributed by atoms with Crippen molar-refractivity contribution in [2.75, 3.05) is 12.3 Å². The van der Waals surface area contributed by atoms with Crippen molar-refractivity contribution in [2.45, 2.75) is 56.8 Å². The van der Waals surface area contributed by atoms with E-state index in [0.29, 0.717) is 0 Å². The number of carbonyl (C=O) groups excluding carboxylic acids is 4. The van der Waals surface area contributed by atoms with Crippen molar-refractivity contribution in [3.63, 3.8) is 0 Å². The molecule has 0 aromatic heterocycles. The molecule has 0 aliphatic heterocycles. The molecule has 0 heterocycles. The number of carbonyl (C=O) groups is 5. The number of hydrogen-bond donors (Lipinski definition) is 9. The molecule has 0 aromatic carbocycles. The van der Waals surface area contributed by atoms with Crippen LogP contribution >= 0.6 is 12.6 Å². The van der Waals surface area contributed by atoms with Crippen LogP contribution in [-0.2, 0) is 24.0 Å². The Balaban J connectivity index is 5.25. The first-order valence-electron chi connectivity index (χ1n) is 9.73. The average molecular weight is 477 g/mol. The number of nitrogens with zero attached hydrogens (tertiary/aromatic N) is 1. The summed E-state index contributed by atoms with van der Waals surface area (Å²) in [5.41, 5.74) is 21.1. The lowest BCUT2D eigenvalue weighted by Gasteiger charge is -2.23. The number of aliphatic carboxylic acids is 1. The predicted molar refractivity (Wildman–Crippen MR) is 119 cm³/mol. The highest BCUT2D eigenvalue weighted by Crippen LogP contribution is 2.04. The van der Waals surface area contributed by atoms with Gasteiger partial charge in [-0.25, -0.2) is 4.79 Å². The fourth-order valence-corrected chi connectivity index (χ4v) is 2.52. The summed E-state index contributed by atoms with van der Waals surface area (Å²) in [6, 6.07) is -4.51. The minimum absolute atomic E-state index is 0.0628. The van der Waals surface area contributed by atoms with Gasteiger partial charge in [-0.15, -0.1) is 0 Å². The second-order valence-electron chi connectivity index (χ2n) is 6.93. The zero-order valence-electron chi connectivity index (χ0n) is 17.7. The van der Waals surface area contributed by atoms with E-state index in [1.807, 2.05) is 0 Å². The van der Waals surface area contributed by atoms with E-state index in [1.54, 1.807) is 0 Å². The normalized spacial score (nSPS) is 14.2. The third-order valence-electron chi connectivity index (χ3n) is 4.16. The highest BCUT2D eigenvalue weighted by molar-refractivity contribution is 7.80. The van der Waals surface area contributed by atoms with Gasteiger partial charge < -0.3 is 44.0 Å². The molecule has 0 fully saturated rings. The maximum absolute atomic E-state index is 12.7. The number of thiol groups is 1. The van der Waals surface area contributed by atoms with Gasteiger partial charge in [0.1, 0.15) is 18.1 Å². The van der Waals surface area contributed by atoms with E-state index >= 15 is 0 Å². The van der Waals surface area contributed by atoms with E-state index in [1.165, 1.54) is 6.92 Å². The molecule has 32 heavy (non-hydrogen) atoms. The largest absolute Gasteiger partial charge is 0.480 e. The lowest BCUT2D eigenvalue weighted by atomic mass is 10.1. The predicted octanol–water partition coefficient (Wildman–Crippen LogP) is -3.88. The molecule has 0 aliphatic carbocycles. The fourth-order valence-electron chi connectivity index (χ4n) is 2.35. The summed E-state index contributed by atoms with van der Waals surface area (Å²) in [6.07, 6.45) is -0.139. The van der Waals surface area contributed by atoms with Crippen molar-refractivity contribution < 1.29 is 29.1 Å². The zero-order chi connectivity index (χ0) is 24.8. The second kappa shape index (κ2) is 14.9. The second-order valence-corrected chi connectivity index (χ2v) is 7.30. The summed E-state index contributed by atoms with van der Waals surface area (Å²) in [5.74, 6) is -4.28. The first kappa shape index (κ1) is 28.9. The number of nitrogens with one attached hydrogen (secondary N) is 3. The minimum Gasteiger partial charge on any atom is -0.480 e. The van der Waals surface area contributed by atoms with Crippen LogP contribution in [0, 0.1) is 0 Å². The van der Waals surface area contributed by atoms with Crippen LogP contribution in [0.2, 0.25) is 0 Å². The van der Waals surface area contributed by atoms with E-state index in [2.05, 4.69) is 33.6 Å². The molecule has 0 radical (unpaired) electrons. The molecule has 0 aromatic rings. The number of rotatable bonds is 15. The monoisotopic (exact) mass is 476 g/mol. The molecule has 4 atom stereocenters. The molecule has 0 aliphatic rings. The molecule has 4 amide bonds. The van der Waals surface area contributed by atoms with Crippen molar-refractivity contribution in [1.82, 2.24) is 16.0 Å². The maximum Gasteiger partial charge on any atom is 0.326 e. The Bertz CT molecular complexity index is 715. The maximum atomic E-state index is 12.7. The molecule has 182 valence electrons. The van der Waals surface area contributed by atoms with Crippen molar-refractivity contribution in [3.05, 3.63) is 0 Å². The number of guanidine groups is 1. The Labute approximate surface area is 190 Å². The Kier molecular flexibility index (Phi) is 13.4. The summed E-state index contributed by atoms with van der Waals surface area (Å²) in [6.45, 7) is 1.55. The van der Waals surface area contributed by atoms with Gasteiger partial charge in [0.2, 0.25) is 23.6 Å². The van der Waals surface area contributed by atoms with Gasteiger partial charge in [-0.1, -0.05) is 0 Å². The molecule has 0 rings (SSSR count). The molecule has 0 saturated carbocycles. The molecular formula is C17H32N8O6S. The lowest BCUT2D eigenvalue weighted by Crippen LogP contribution is -2.56. The van der Waals surface area contributed by atoms with E-state index < -0.39 is 53.8 Å². The van der Waals surface area contributed by atoms with Gasteiger partial charge in [0.15, 0.2) is 5.96 Å². The fraction of sp³-hybridized carbons (Fsp3) is 0.647. The Morgan fingerprint density at radius 1 is 0.938 bits per heavy atom. The molecule has 0 bridgehead atoms. The van der Waals surface area contributed by atoms with E-state index in [0.717, 1.165) is 0 Å². The van der Waals surface area contributed by atoms with Crippen molar-refractivity contribution >= 4 is 48.2 Å². The number of carboxylic acid groups (broad SMARTS) is 1. The average Bonchev–Trinajstić information content (AvgIpc) is 2.71. The number of aliphatic imine (C=N–C) groups is 1. The van der Waals surface area contributed by atoms with Crippen molar-refractivity contribution in [2.24, 2.45) is 27.9 Å². The van der Waals surface area contributed by atoms with E-state index in [-0.39, 0.29) is 43.9 Å². The molecule has 0 saturated heterocycles. The van der Waals surface area contributed by atoms with Crippen LogP contribution in [-0.4, -0.2) is 77.1 Å². The van der Waals surface area contributed by atoms with Gasteiger partial charge in [0, 0.05) is 18.7 Å². The summed E-state index contributed by atoms with van der Waals surface area (Å²) >= 11 is 3.91. The molecule has 14 nitrogen and oxygen atoms in total. The van der Waals surface area contributed by atoms with Crippen LogP contribution < -0.4 is 38.9 Å². The summed E-state index contributed by atoms with van der Waals surface area (Å²) in [7, 11) is 0. The van der Waals surface area contributed by atoms with Gasteiger partial charge in [-0.2, -0.15) is 12.6 Å². The highest BCUT2D eigenvalue weighted by atomic mass is 32.1. The quantitative estimate of drug-likeness (QED) is 0.0483. The number of carboxylic acids is 1. The first-order valence-corrected chi connectivity index (χ1v) is 10.4. The number of amides is 4. The van der Waals surface area contributed by atoms with Crippen LogP contribution in [0.3, 0.4) is 0 Å². The van der Waals surface area contributed by atoms with Crippen molar-refractivity contribution in [3.8, 4) is 0 Å². The Morgan fingerprint density at radius 3 is 2.03 bits per heavy atom. The van der Waals surface area contributed by atoms with Gasteiger partial charge in [0.05, 0.1) is 6.04 Å². The number of hydrogen-bond acceptors (Lipinski definition) is 8. The molecular weight excluding hydrogens is 444 g/mol. The van der Waals surface area contributed by atoms with Crippen LogP contribution in [0.5, 0.6) is 0 Å². The Hall–Kier alpha value is -3.07. The van der Waals surface area contributed by atoms with Crippen LogP contribution in [0.4, 0.5) is 0 Å². The van der Waals surface area contributed by atoms with Gasteiger partial charge >= 0.3 is 5.97 Å². The number of primary amides is 1.